The molecule has 0 aromatic rings. The Hall–Kier alpha value is -1.14. The number of amides is 1. The molecule has 0 bridgehead atoms. The van der Waals surface area contributed by atoms with Crippen LogP contribution in [0.2, 0.25) is 0 Å². The summed E-state index contributed by atoms with van der Waals surface area (Å²) >= 11 is 0. The third-order valence-corrected chi connectivity index (χ3v) is 2.33. The number of carbonyl (C=O) groups excluding carboxylic acids is 2. The summed E-state index contributed by atoms with van der Waals surface area (Å²) in [5.41, 5.74) is 0. The summed E-state index contributed by atoms with van der Waals surface area (Å²) in [7, 11) is 1.19. The van der Waals surface area contributed by atoms with E-state index in [0.717, 1.165) is 0 Å². The Balaban J connectivity index is 2.01. The van der Waals surface area contributed by atoms with Crippen LogP contribution >= 0.6 is 0 Å². The molecule has 16 heavy (non-hydrogen) atoms. The Kier molecular flexibility index (Phi) is 5.21. The zero-order valence-corrected chi connectivity index (χ0v) is 9.36. The molecular formula is C10H18N2O4. The summed E-state index contributed by atoms with van der Waals surface area (Å²) in [5.74, 6) is -0.924. The Bertz CT molecular complexity index is 253. The molecule has 0 heterocycles. The lowest BCUT2D eigenvalue weighted by Gasteiger charge is -2.09. The van der Waals surface area contributed by atoms with Crippen LogP contribution in [0.5, 0.6) is 0 Å². The molecule has 92 valence electrons. The molecular weight excluding hydrogens is 212 g/mol. The summed E-state index contributed by atoms with van der Waals surface area (Å²) < 4.78 is 4.31. The molecule has 0 saturated heterocycles. The molecule has 3 N–H and O–H groups in total. The SMILES string of the molecule is COC(=O)C(O)CNC(=O)CCNC1CC1. The minimum absolute atomic E-state index is 0.102. The van der Waals surface area contributed by atoms with E-state index < -0.39 is 12.1 Å². The van der Waals surface area contributed by atoms with Crippen LogP contribution in [0.15, 0.2) is 0 Å². The molecule has 6 nitrogen and oxygen atoms in total. The molecule has 0 aromatic carbocycles. The largest absolute Gasteiger partial charge is 0.467 e. The van der Waals surface area contributed by atoms with Gasteiger partial charge >= 0.3 is 5.97 Å². The number of rotatable bonds is 7. The summed E-state index contributed by atoms with van der Waals surface area (Å²) in [6, 6.07) is 0.577. The summed E-state index contributed by atoms with van der Waals surface area (Å²) in [4.78, 5) is 22.0. The molecule has 1 unspecified atom stereocenters. The molecule has 1 saturated carbocycles. The van der Waals surface area contributed by atoms with Gasteiger partial charge in [-0.3, -0.25) is 4.79 Å². The second-order valence-electron chi connectivity index (χ2n) is 3.82. The van der Waals surface area contributed by atoms with Gasteiger partial charge in [-0.25, -0.2) is 4.79 Å². The van der Waals surface area contributed by atoms with Crippen molar-refractivity contribution in [2.24, 2.45) is 0 Å². The van der Waals surface area contributed by atoms with Crippen molar-refractivity contribution in [1.82, 2.24) is 10.6 Å². The van der Waals surface area contributed by atoms with Gasteiger partial charge in [-0.15, -0.1) is 0 Å². The highest BCUT2D eigenvalue weighted by molar-refractivity contribution is 5.78. The zero-order chi connectivity index (χ0) is 12.0. The van der Waals surface area contributed by atoms with Crippen molar-refractivity contribution in [1.29, 1.82) is 0 Å². The average molecular weight is 230 g/mol. The van der Waals surface area contributed by atoms with Gasteiger partial charge in [0.05, 0.1) is 13.7 Å². The van der Waals surface area contributed by atoms with Crippen molar-refractivity contribution in [3.8, 4) is 0 Å². The number of nitrogens with one attached hydrogen (secondary N) is 2. The lowest BCUT2D eigenvalue weighted by molar-refractivity contribution is -0.150. The summed E-state index contributed by atoms with van der Waals surface area (Å²) in [6.07, 6.45) is 1.43. The van der Waals surface area contributed by atoms with Gasteiger partial charge in [0, 0.05) is 19.0 Å². The Morgan fingerprint density at radius 1 is 1.50 bits per heavy atom. The maximum atomic E-state index is 11.2. The second-order valence-corrected chi connectivity index (χ2v) is 3.82. The summed E-state index contributed by atoms with van der Waals surface area (Å²) in [5, 5.41) is 14.8. The van der Waals surface area contributed by atoms with Gasteiger partial charge < -0.3 is 20.5 Å². The minimum atomic E-state index is -1.29. The molecule has 1 atom stereocenters. The molecule has 1 aliphatic carbocycles. The van der Waals surface area contributed by atoms with Crippen molar-refractivity contribution >= 4 is 11.9 Å². The van der Waals surface area contributed by atoms with Gasteiger partial charge in [-0.1, -0.05) is 0 Å². The number of ether oxygens (including phenoxy) is 1. The predicted octanol–water partition coefficient (Wildman–Crippen LogP) is -1.22. The number of aliphatic hydroxyl groups excluding tert-OH is 1. The summed E-state index contributed by atoms with van der Waals surface area (Å²) in [6.45, 7) is 0.528. The molecule has 1 aliphatic rings. The third-order valence-electron chi connectivity index (χ3n) is 2.33. The first-order valence-corrected chi connectivity index (χ1v) is 5.39. The fourth-order valence-electron chi connectivity index (χ4n) is 1.20. The molecule has 6 heteroatoms. The van der Waals surface area contributed by atoms with E-state index in [9.17, 15) is 14.7 Å². The maximum absolute atomic E-state index is 11.2. The van der Waals surface area contributed by atoms with Gasteiger partial charge in [0.2, 0.25) is 5.91 Å². The number of hydrogen-bond donors (Lipinski definition) is 3. The quantitative estimate of drug-likeness (QED) is 0.477. The number of carbonyl (C=O) groups is 2. The van der Waals surface area contributed by atoms with Crippen LogP contribution in [0.3, 0.4) is 0 Å². The Morgan fingerprint density at radius 2 is 2.19 bits per heavy atom. The lowest BCUT2D eigenvalue weighted by Crippen LogP contribution is -2.38. The standard InChI is InChI=1S/C10H18N2O4/c1-16-10(15)8(13)6-12-9(14)4-5-11-7-2-3-7/h7-8,11,13H,2-6H2,1H3,(H,12,14). The molecule has 0 spiro atoms. The van der Waals surface area contributed by atoms with E-state index in [1.54, 1.807) is 0 Å². The van der Waals surface area contributed by atoms with Crippen molar-refractivity contribution in [2.75, 3.05) is 20.2 Å². The van der Waals surface area contributed by atoms with E-state index in [2.05, 4.69) is 15.4 Å². The molecule has 1 fully saturated rings. The van der Waals surface area contributed by atoms with E-state index in [0.29, 0.717) is 19.0 Å². The van der Waals surface area contributed by atoms with E-state index in [4.69, 9.17) is 0 Å². The van der Waals surface area contributed by atoms with Gasteiger partial charge in [0.1, 0.15) is 0 Å². The maximum Gasteiger partial charge on any atom is 0.336 e. The van der Waals surface area contributed by atoms with Crippen molar-refractivity contribution < 1.29 is 19.4 Å². The van der Waals surface area contributed by atoms with Crippen molar-refractivity contribution in [2.45, 2.75) is 31.4 Å². The van der Waals surface area contributed by atoms with Crippen LogP contribution in [-0.4, -0.2) is 49.3 Å². The van der Waals surface area contributed by atoms with Crippen LogP contribution in [0.1, 0.15) is 19.3 Å². The second kappa shape index (κ2) is 6.44. The Labute approximate surface area is 94.3 Å². The van der Waals surface area contributed by atoms with Gasteiger partial charge in [0.15, 0.2) is 6.10 Å². The topological polar surface area (TPSA) is 87.7 Å². The monoisotopic (exact) mass is 230 g/mol. The highest BCUT2D eigenvalue weighted by Gasteiger charge is 2.20. The number of methoxy groups -OCH3 is 1. The van der Waals surface area contributed by atoms with Crippen LogP contribution in [0.4, 0.5) is 0 Å². The van der Waals surface area contributed by atoms with Crippen LogP contribution in [0, 0.1) is 0 Å². The Morgan fingerprint density at radius 3 is 2.75 bits per heavy atom. The zero-order valence-electron chi connectivity index (χ0n) is 9.36. The van der Waals surface area contributed by atoms with Gasteiger partial charge in [-0.2, -0.15) is 0 Å². The molecule has 0 aliphatic heterocycles. The van der Waals surface area contributed by atoms with E-state index >= 15 is 0 Å². The first-order chi connectivity index (χ1) is 7.63. The van der Waals surface area contributed by atoms with Crippen molar-refractivity contribution in [3.63, 3.8) is 0 Å². The molecule has 0 radical (unpaired) electrons. The van der Waals surface area contributed by atoms with E-state index in [-0.39, 0.29) is 12.5 Å². The number of esters is 1. The van der Waals surface area contributed by atoms with Gasteiger partial charge in [-0.05, 0) is 12.8 Å². The number of hydrogen-bond acceptors (Lipinski definition) is 5. The first-order valence-electron chi connectivity index (χ1n) is 5.39. The lowest BCUT2D eigenvalue weighted by atomic mass is 10.3. The smallest absolute Gasteiger partial charge is 0.336 e. The van der Waals surface area contributed by atoms with Crippen LogP contribution < -0.4 is 10.6 Å². The average Bonchev–Trinajstić information content (AvgIpc) is 3.08. The normalized spacial score (nSPS) is 16.6. The predicted molar refractivity (Wildman–Crippen MR) is 56.7 cm³/mol. The molecule has 1 amide bonds. The fraction of sp³-hybridized carbons (Fsp3) is 0.800. The fourth-order valence-corrected chi connectivity index (χ4v) is 1.20. The van der Waals surface area contributed by atoms with Crippen molar-refractivity contribution in [3.05, 3.63) is 0 Å². The first kappa shape index (κ1) is 12.9. The highest BCUT2D eigenvalue weighted by Crippen LogP contribution is 2.18. The highest BCUT2D eigenvalue weighted by atomic mass is 16.5. The number of aliphatic hydroxyl groups is 1. The van der Waals surface area contributed by atoms with E-state index in [1.165, 1.54) is 20.0 Å². The van der Waals surface area contributed by atoms with E-state index in [1.807, 2.05) is 0 Å². The van der Waals surface area contributed by atoms with Gasteiger partial charge in [0.25, 0.3) is 0 Å². The molecule has 0 aromatic heterocycles. The van der Waals surface area contributed by atoms with Crippen LogP contribution in [-0.2, 0) is 14.3 Å². The third kappa shape index (κ3) is 5.09. The minimum Gasteiger partial charge on any atom is -0.467 e. The van der Waals surface area contributed by atoms with Crippen LogP contribution in [0.25, 0.3) is 0 Å². The molecule has 1 rings (SSSR count).